The van der Waals surface area contributed by atoms with Gasteiger partial charge in [-0.3, -0.25) is 0 Å². The van der Waals surface area contributed by atoms with E-state index in [-0.39, 0.29) is 11.9 Å². The van der Waals surface area contributed by atoms with Gasteiger partial charge in [-0.25, -0.2) is 4.79 Å². The third-order valence-corrected chi connectivity index (χ3v) is 4.17. The summed E-state index contributed by atoms with van der Waals surface area (Å²) in [6, 6.07) is 9.82. The molecule has 0 aromatic heterocycles. The second-order valence-electron chi connectivity index (χ2n) is 7.13. The van der Waals surface area contributed by atoms with Crippen molar-refractivity contribution in [2.75, 3.05) is 7.11 Å². The summed E-state index contributed by atoms with van der Waals surface area (Å²) in [7, 11) is 1.63. The average Bonchev–Trinajstić information content (AvgIpc) is 2.93. The SMILES string of the molecule is COC1=C(C#N)C(CCc2ccc(C(=O)OC(C)(C)C)cc2)CC1. The topological polar surface area (TPSA) is 59.3 Å². The predicted octanol–water partition coefficient (Wildman–Crippen LogP) is 4.41. The largest absolute Gasteiger partial charge is 0.500 e. The van der Waals surface area contributed by atoms with Crippen LogP contribution in [-0.4, -0.2) is 18.7 Å². The molecule has 0 spiro atoms. The number of methoxy groups -OCH3 is 1. The fourth-order valence-corrected chi connectivity index (χ4v) is 2.95. The average molecular weight is 327 g/mol. The van der Waals surface area contributed by atoms with Crippen LogP contribution in [0.3, 0.4) is 0 Å². The highest BCUT2D eigenvalue weighted by molar-refractivity contribution is 5.89. The fourth-order valence-electron chi connectivity index (χ4n) is 2.95. The number of ether oxygens (including phenoxy) is 2. The molecule has 1 aromatic carbocycles. The molecule has 1 aliphatic carbocycles. The molecule has 0 fully saturated rings. The molecule has 4 heteroatoms. The lowest BCUT2D eigenvalue weighted by atomic mass is 9.94. The van der Waals surface area contributed by atoms with E-state index >= 15 is 0 Å². The molecule has 2 rings (SSSR count). The highest BCUT2D eigenvalue weighted by Gasteiger charge is 2.26. The maximum Gasteiger partial charge on any atom is 0.338 e. The van der Waals surface area contributed by atoms with Crippen molar-refractivity contribution in [2.24, 2.45) is 5.92 Å². The molecule has 1 atom stereocenters. The van der Waals surface area contributed by atoms with Crippen LogP contribution < -0.4 is 0 Å². The Labute approximate surface area is 144 Å². The highest BCUT2D eigenvalue weighted by atomic mass is 16.6. The third-order valence-electron chi connectivity index (χ3n) is 4.17. The van der Waals surface area contributed by atoms with Gasteiger partial charge in [0.15, 0.2) is 0 Å². The van der Waals surface area contributed by atoms with Crippen LogP contribution in [0.2, 0.25) is 0 Å². The molecule has 1 aliphatic rings. The van der Waals surface area contributed by atoms with Gasteiger partial charge in [0.05, 0.1) is 24.3 Å². The van der Waals surface area contributed by atoms with Crippen molar-refractivity contribution in [3.8, 4) is 6.07 Å². The number of carbonyl (C=O) groups excluding carboxylic acids is 1. The van der Waals surface area contributed by atoms with Gasteiger partial charge in [0, 0.05) is 6.42 Å². The van der Waals surface area contributed by atoms with Gasteiger partial charge < -0.3 is 9.47 Å². The van der Waals surface area contributed by atoms with Crippen molar-refractivity contribution in [3.05, 3.63) is 46.7 Å². The van der Waals surface area contributed by atoms with Crippen molar-refractivity contribution in [2.45, 2.75) is 52.1 Å². The Morgan fingerprint density at radius 2 is 1.96 bits per heavy atom. The van der Waals surface area contributed by atoms with Crippen LogP contribution in [0.5, 0.6) is 0 Å². The zero-order valence-corrected chi connectivity index (χ0v) is 14.9. The summed E-state index contributed by atoms with van der Waals surface area (Å²) < 4.78 is 10.6. The lowest BCUT2D eigenvalue weighted by Crippen LogP contribution is -2.23. The van der Waals surface area contributed by atoms with E-state index in [0.717, 1.165) is 42.6 Å². The summed E-state index contributed by atoms with van der Waals surface area (Å²) in [5.41, 5.74) is 2.03. The molecule has 0 saturated heterocycles. The standard InChI is InChI=1S/C20H25NO3/c1-20(2,3)24-19(22)16-9-6-14(7-10-16)5-8-15-11-12-18(23-4)17(15)13-21/h6-7,9-10,15H,5,8,11-12H2,1-4H3. The minimum atomic E-state index is -0.489. The van der Waals surface area contributed by atoms with Crippen LogP contribution in [0.1, 0.15) is 56.0 Å². The summed E-state index contributed by atoms with van der Waals surface area (Å²) in [4.78, 5) is 12.0. The first-order valence-corrected chi connectivity index (χ1v) is 8.33. The second-order valence-corrected chi connectivity index (χ2v) is 7.13. The molecule has 0 saturated carbocycles. The van der Waals surface area contributed by atoms with E-state index in [4.69, 9.17) is 9.47 Å². The minimum absolute atomic E-state index is 0.274. The smallest absolute Gasteiger partial charge is 0.338 e. The van der Waals surface area contributed by atoms with Gasteiger partial charge in [-0.15, -0.1) is 0 Å². The molecule has 128 valence electrons. The van der Waals surface area contributed by atoms with Crippen LogP contribution in [0.15, 0.2) is 35.6 Å². The van der Waals surface area contributed by atoms with Gasteiger partial charge in [-0.1, -0.05) is 12.1 Å². The normalized spacial score (nSPS) is 17.5. The number of allylic oxidation sites excluding steroid dienone is 2. The monoisotopic (exact) mass is 327 g/mol. The number of esters is 1. The summed E-state index contributed by atoms with van der Waals surface area (Å²) >= 11 is 0. The Morgan fingerprint density at radius 3 is 2.50 bits per heavy atom. The van der Waals surface area contributed by atoms with E-state index < -0.39 is 5.60 Å². The van der Waals surface area contributed by atoms with Crippen molar-refractivity contribution < 1.29 is 14.3 Å². The highest BCUT2D eigenvalue weighted by Crippen LogP contribution is 2.34. The van der Waals surface area contributed by atoms with Gasteiger partial charge >= 0.3 is 5.97 Å². The fraction of sp³-hybridized carbons (Fsp3) is 0.500. The lowest BCUT2D eigenvalue weighted by molar-refractivity contribution is 0.00695. The molecule has 0 heterocycles. The first-order valence-electron chi connectivity index (χ1n) is 8.33. The molecule has 0 N–H and O–H groups in total. The Morgan fingerprint density at radius 1 is 1.29 bits per heavy atom. The van der Waals surface area contributed by atoms with Crippen molar-refractivity contribution in [1.29, 1.82) is 5.26 Å². The molecule has 0 aliphatic heterocycles. The Kier molecular flexibility index (Phi) is 5.66. The molecular formula is C20H25NO3. The Bertz CT molecular complexity index is 660. The summed E-state index contributed by atoms with van der Waals surface area (Å²) in [5.74, 6) is 0.808. The first kappa shape index (κ1) is 18.1. The lowest BCUT2D eigenvalue weighted by Gasteiger charge is -2.19. The number of nitriles is 1. The number of carbonyl (C=O) groups is 1. The molecule has 0 radical (unpaired) electrons. The van der Waals surface area contributed by atoms with Crippen LogP contribution in [0.4, 0.5) is 0 Å². The zero-order valence-electron chi connectivity index (χ0n) is 14.9. The van der Waals surface area contributed by atoms with Gasteiger partial charge in [-0.2, -0.15) is 5.26 Å². The first-order chi connectivity index (χ1) is 11.3. The zero-order chi connectivity index (χ0) is 17.7. The van der Waals surface area contributed by atoms with Crippen LogP contribution in [0.25, 0.3) is 0 Å². The third kappa shape index (κ3) is 4.61. The Balaban J connectivity index is 1.95. The van der Waals surface area contributed by atoms with E-state index in [9.17, 15) is 10.1 Å². The molecular weight excluding hydrogens is 302 g/mol. The van der Waals surface area contributed by atoms with E-state index in [2.05, 4.69) is 6.07 Å². The summed E-state index contributed by atoms with van der Waals surface area (Å²) in [6.07, 6.45) is 3.62. The maximum atomic E-state index is 12.0. The van der Waals surface area contributed by atoms with Crippen molar-refractivity contribution in [3.63, 3.8) is 0 Å². The number of hydrogen-bond acceptors (Lipinski definition) is 4. The van der Waals surface area contributed by atoms with Crippen LogP contribution in [0, 0.1) is 17.2 Å². The van der Waals surface area contributed by atoms with Crippen LogP contribution >= 0.6 is 0 Å². The van der Waals surface area contributed by atoms with Crippen molar-refractivity contribution >= 4 is 5.97 Å². The summed E-state index contributed by atoms with van der Waals surface area (Å²) in [5, 5.41) is 9.29. The van der Waals surface area contributed by atoms with Gasteiger partial charge in [0.25, 0.3) is 0 Å². The van der Waals surface area contributed by atoms with Crippen LogP contribution in [-0.2, 0) is 15.9 Å². The number of hydrogen-bond donors (Lipinski definition) is 0. The summed E-state index contributed by atoms with van der Waals surface area (Å²) in [6.45, 7) is 5.57. The van der Waals surface area contributed by atoms with E-state index in [1.54, 1.807) is 19.2 Å². The predicted molar refractivity (Wildman–Crippen MR) is 92.3 cm³/mol. The molecule has 1 unspecified atom stereocenters. The van der Waals surface area contributed by atoms with E-state index in [1.807, 2.05) is 32.9 Å². The van der Waals surface area contributed by atoms with Gasteiger partial charge in [0.1, 0.15) is 11.4 Å². The maximum absolute atomic E-state index is 12.0. The second kappa shape index (κ2) is 7.53. The molecule has 0 bridgehead atoms. The number of aryl methyl sites for hydroxylation is 1. The van der Waals surface area contributed by atoms with E-state index in [0.29, 0.717) is 5.56 Å². The molecule has 4 nitrogen and oxygen atoms in total. The molecule has 0 amide bonds. The van der Waals surface area contributed by atoms with Gasteiger partial charge in [-0.05, 0) is 63.6 Å². The minimum Gasteiger partial charge on any atom is -0.500 e. The Hall–Kier alpha value is -2.28. The van der Waals surface area contributed by atoms with Crippen molar-refractivity contribution in [1.82, 2.24) is 0 Å². The van der Waals surface area contributed by atoms with Gasteiger partial charge in [0.2, 0.25) is 0 Å². The quantitative estimate of drug-likeness (QED) is 0.752. The number of rotatable bonds is 5. The number of nitrogens with zero attached hydrogens (tertiary/aromatic N) is 1. The van der Waals surface area contributed by atoms with E-state index in [1.165, 1.54) is 0 Å². The molecule has 1 aromatic rings. The molecule has 24 heavy (non-hydrogen) atoms. The number of benzene rings is 1.